The molecule has 0 aliphatic carbocycles. The van der Waals surface area contributed by atoms with Crippen molar-refractivity contribution in [2.24, 2.45) is 0 Å². The second-order valence-corrected chi connectivity index (χ2v) is 19.2. The lowest BCUT2D eigenvalue weighted by molar-refractivity contribution is -0.204. The number of amides is 2. The highest BCUT2D eigenvalue weighted by molar-refractivity contribution is 7.99. The van der Waals surface area contributed by atoms with Crippen LogP contribution in [-0.4, -0.2) is 74.5 Å². The summed E-state index contributed by atoms with van der Waals surface area (Å²) in [5.41, 5.74) is 0.802. The van der Waals surface area contributed by atoms with E-state index in [2.05, 4.69) is 33.9 Å². The third-order valence-electron chi connectivity index (χ3n) is 8.98. The quantitative estimate of drug-likeness (QED) is 0.124. The minimum absolute atomic E-state index is 0.0715. The Morgan fingerprint density at radius 2 is 1.49 bits per heavy atom. The van der Waals surface area contributed by atoms with E-state index in [1.165, 1.54) is 23.6 Å². The van der Waals surface area contributed by atoms with Crippen molar-refractivity contribution in [3.05, 3.63) is 95.6 Å². The number of fused-ring (bicyclic) bond motifs is 1. The van der Waals surface area contributed by atoms with Crippen LogP contribution >= 0.6 is 11.8 Å². The van der Waals surface area contributed by atoms with E-state index in [0.29, 0.717) is 11.1 Å². The van der Waals surface area contributed by atoms with Crippen molar-refractivity contribution in [2.75, 3.05) is 13.7 Å². The first-order valence-electron chi connectivity index (χ1n) is 15.7. The molecule has 250 valence electrons. The van der Waals surface area contributed by atoms with Crippen molar-refractivity contribution >= 4 is 37.9 Å². The Bertz CT molecular complexity index is 1540. The second-order valence-electron chi connectivity index (χ2n) is 13.3. The Kier molecular flexibility index (Phi) is 10.6. The molecule has 3 aromatic rings. The van der Waals surface area contributed by atoms with Crippen LogP contribution in [0.1, 0.15) is 54.0 Å². The highest BCUT2D eigenvalue weighted by Crippen LogP contribution is 2.45. The number of hydrogen-bond acceptors (Lipinski definition) is 9. The molecule has 9 nitrogen and oxygen atoms in total. The van der Waals surface area contributed by atoms with Crippen LogP contribution in [0, 0.1) is 0 Å². The van der Waals surface area contributed by atoms with Crippen molar-refractivity contribution in [3.63, 3.8) is 0 Å². The molecule has 1 fully saturated rings. The van der Waals surface area contributed by atoms with E-state index in [1.807, 2.05) is 54.6 Å². The van der Waals surface area contributed by atoms with Crippen LogP contribution in [0.2, 0.25) is 18.1 Å². The number of methoxy groups -OCH3 is 1. The van der Waals surface area contributed by atoms with Gasteiger partial charge in [0.15, 0.2) is 14.4 Å². The summed E-state index contributed by atoms with van der Waals surface area (Å²) in [5.74, 6) is -0.655. The maximum atomic E-state index is 14.1. The standard InChI is InChI=1S/C36H43NO8SSi/c1-23(38)43-31-29(22-42-21-24-17-19-25(41-5)20-18-24)44-35(46-26-13-9-8-10-14-26)30(32(31)45-47(6,7)36(2,3)4)37-33(39)27-15-11-12-16-28(27)34(37)40/h8-20,29-32,35H,21-22H2,1-7H3/t29-,30-,31-,32-,35+/m1/s1. The molecular weight excluding hydrogens is 635 g/mol. The summed E-state index contributed by atoms with van der Waals surface area (Å²) in [6.45, 7) is 12.2. The fourth-order valence-electron chi connectivity index (χ4n) is 5.51. The lowest BCUT2D eigenvalue weighted by Gasteiger charge is -2.51. The number of rotatable bonds is 11. The van der Waals surface area contributed by atoms with Crippen molar-refractivity contribution in [1.29, 1.82) is 0 Å². The van der Waals surface area contributed by atoms with Crippen LogP contribution in [0.3, 0.4) is 0 Å². The number of nitrogens with zero attached hydrogens (tertiary/aromatic N) is 1. The molecule has 5 rings (SSSR count). The molecule has 2 heterocycles. The van der Waals surface area contributed by atoms with E-state index in [-0.39, 0.29) is 18.3 Å². The Labute approximate surface area is 282 Å². The van der Waals surface area contributed by atoms with Crippen LogP contribution in [0.15, 0.2) is 83.8 Å². The molecule has 0 radical (unpaired) electrons. The number of imide groups is 1. The predicted octanol–water partition coefficient (Wildman–Crippen LogP) is 6.72. The zero-order valence-corrected chi connectivity index (χ0v) is 29.7. The summed E-state index contributed by atoms with van der Waals surface area (Å²) < 4.78 is 31.4. The fraction of sp³-hybridized carbons (Fsp3) is 0.417. The Morgan fingerprint density at radius 3 is 2.04 bits per heavy atom. The first-order valence-corrected chi connectivity index (χ1v) is 19.5. The molecule has 2 amide bonds. The van der Waals surface area contributed by atoms with E-state index >= 15 is 0 Å². The summed E-state index contributed by atoms with van der Waals surface area (Å²) in [4.78, 5) is 42.9. The van der Waals surface area contributed by atoms with Gasteiger partial charge in [0, 0.05) is 11.8 Å². The van der Waals surface area contributed by atoms with E-state index < -0.39 is 55.9 Å². The summed E-state index contributed by atoms with van der Waals surface area (Å²) in [6, 6.07) is 23.1. The average molecular weight is 678 g/mol. The molecule has 2 aliphatic rings. The number of hydrogen-bond donors (Lipinski definition) is 0. The summed E-state index contributed by atoms with van der Waals surface area (Å²) >= 11 is 1.40. The van der Waals surface area contributed by atoms with E-state index in [9.17, 15) is 14.4 Å². The molecule has 3 aromatic carbocycles. The number of carbonyl (C=O) groups excluding carboxylic acids is 3. The smallest absolute Gasteiger partial charge is 0.303 e. The SMILES string of the molecule is COc1ccc(COC[C@H]2O[C@@H](Sc3ccccc3)[C@H](N3C(=O)c4ccccc4C3=O)[C@@H](O[Si](C)(C)C(C)(C)C)[C@@H]2OC(C)=O)cc1. The zero-order chi connectivity index (χ0) is 33.9. The highest BCUT2D eigenvalue weighted by Gasteiger charge is 2.57. The van der Waals surface area contributed by atoms with Gasteiger partial charge in [-0.1, -0.05) is 75.0 Å². The molecule has 5 atom stereocenters. The number of ether oxygens (including phenoxy) is 4. The largest absolute Gasteiger partial charge is 0.497 e. The summed E-state index contributed by atoms with van der Waals surface area (Å²) in [6.07, 6.45) is -2.63. The van der Waals surface area contributed by atoms with Gasteiger partial charge in [-0.25, -0.2) is 0 Å². The molecule has 2 aliphatic heterocycles. The third kappa shape index (κ3) is 7.65. The molecule has 1 saturated heterocycles. The first-order chi connectivity index (χ1) is 22.3. The Balaban J connectivity index is 1.57. The van der Waals surface area contributed by atoms with Gasteiger partial charge < -0.3 is 23.4 Å². The van der Waals surface area contributed by atoms with Gasteiger partial charge in [-0.3, -0.25) is 19.3 Å². The van der Waals surface area contributed by atoms with Gasteiger partial charge in [0.1, 0.15) is 29.4 Å². The average Bonchev–Trinajstić information content (AvgIpc) is 3.28. The third-order valence-corrected chi connectivity index (χ3v) is 14.6. The van der Waals surface area contributed by atoms with Gasteiger partial charge >= 0.3 is 5.97 Å². The topological polar surface area (TPSA) is 101 Å². The maximum Gasteiger partial charge on any atom is 0.303 e. The highest BCUT2D eigenvalue weighted by atomic mass is 32.2. The Morgan fingerprint density at radius 1 is 0.894 bits per heavy atom. The van der Waals surface area contributed by atoms with Crippen molar-refractivity contribution in [2.45, 2.75) is 87.1 Å². The first kappa shape index (κ1) is 34.8. The van der Waals surface area contributed by atoms with Crippen LogP contribution in [-0.2, 0) is 30.0 Å². The molecule has 11 heteroatoms. The number of benzene rings is 3. The molecule has 0 saturated carbocycles. The maximum absolute atomic E-state index is 14.1. The molecule has 0 N–H and O–H groups in total. The summed E-state index contributed by atoms with van der Waals surface area (Å²) in [5, 5.41) is -0.235. The van der Waals surface area contributed by atoms with Gasteiger partial charge in [0.05, 0.1) is 31.5 Å². The van der Waals surface area contributed by atoms with Gasteiger partial charge in [-0.05, 0) is 60.1 Å². The van der Waals surface area contributed by atoms with Gasteiger partial charge in [-0.2, -0.15) is 0 Å². The molecule has 47 heavy (non-hydrogen) atoms. The number of thioether (sulfide) groups is 1. The molecular formula is C36H43NO8SSi. The van der Waals surface area contributed by atoms with Crippen molar-refractivity contribution < 1.29 is 37.8 Å². The number of carbonyl (C=O) groups is 3. The van der Waals surface area contributed by atoms with Gasteiger partial charge in [0.25, 0.3) is 11.8 Å². The monoisotopic (exact) mass is 677 g/mol. The van der Waals surface area contributed by atoms with Gasteiger partial charge in [0.2, 0.25) is 0 Å². The lowest BCUT2D eigenvalue weighted by Crippen LogP contribution is -2.68. The normalized spacial score (nSPS) is 23.0. The van der Waals surface area contributed by atoms with Crippen LogP contribution in [0.25, 0.3) is 0 Å². The second kappa shape index (κ2) is 14.3. The Hall–Kier alpha value is -3.48. The molecule has 0 spiro atoms. The van der Waals surface area contributed by atoms with E-state index in [4.69, 9.17) is 23.4 Å². The van der Waals surface area contributed by atoms with E-state index in [1.54, 1.807) is 31.4 Å². The predicted molar refractivity (Wildman–Crippen MR) is 182 cm³/mol. The minimum Gasteiger partial charge on any atom is -0.497 e. The lowest BCUT2D eigenvalue weighted by atomic mass is 9.96. The van der Waals surface area contributed by atoms with Crippen molar-refractivity contribution in [3.8, 4) is 5.75 Å². The molecule has 0 unspecified atom stereocenters. The fourth-order valence-corrected chi connectivity index (χ4v) is 8.01. The minimum atomic E-state index is -2.60. The van der Waals surface area contributed by atoms with Crippen LogP contribution < -0.4 is 4.74 Å². The van der Waals surface area contributed by atoms with Crippen LogP contribution in [0.4, 0.5) is 0 Å². The zero-order valence-electron chi connectivity index (χ0n) is 27.9. The number of esters is 1. The van der Waals surface area contributed by atoms with Crippen LogP contribution in [0.5, 0.6) is 5.75 Å². The van der Waals surface area contributed by atoms with Gasteiger partial charge in [-0.15, -0.1) is 0 Å². The molecule has 0 bridgehead atoms. The molecule has 0 aromatic heterocycles. The van der Waals surface area contributed by atoms with Crippen molar-refractivity contribution in [1.82, 2.24) is 4.90 Å². The van der Waals surface area contributed by atoms with E-state index in [0.717, 1.165) is 16.2 Å². The summed E-state index contributed by atoms with van der Waals surface area (Å²) in [7, 11) is -0.990.